The lowest BCUT2D eigenvalue weighted by atomic mass is 9.97. The number of pyridine rings is 1. The molecule has 2 aromatic carbocycles. The number of hydrogen-bond acceptors (Lipinski definition) is 4. The molecule has 1 saturated heterocycles. The summed E-state index contributed by atoms with van der Waals surface area (Å²) < 4.78 is 1.22. The van der Waals surface area contributed by atoms with Crippen LogP contribution < -0.4 is 0 Å². The van der Waals surface area contributed by atoms with Gasteiger partial charge >= 0.3 is 0 Å². The van der Waals surface area contributed by atoms with Gasteiger partial charge in [0.2, 0.25) is 0 Å². The summed E-state index contributed by atoms with van der Waals surface area (Å²) in [6, 6.07) is 18.1. The van der Waals surface area contributed by atoms with Gasteiger partial charge in [0.25, 0.3) is 5.91 Å². The average molecular weight is 388 g/mol. The summed E-state index contributed by atoms with van der Waals surface area (Å²) in [6.07, 6.45) is 2.09. The van der Waals surface area contributed by atoms with Crippen LogP contribution in [0.25, 0.3) is 21.1 Å². The number of aryl methyl sites for hydroxylation is 1. The zero-order valence-corrected chi connectivity index (χ0v) is 16.6. The molecule has 1 atom stereocenters. The normalized spacial score (nSPS) is 17.3. The zero-order chi connectivity index (χ0) is 19.1. The molecule has 0 unspecified atom stereocenters. The minimum Gasteiger partial charge on any atom is -0.338 e. The third-order valence-electron chi connectivity index (χ3n) is 5.44. The molecule has 0 bridgehead atoms. The minimum absolute atomic E-state index is 0.104. The van der Waals surface area contributed by atoms with E-state index in [1.165, 1.54) is 4.70 Å². The summed E-state index contributed by atoms with van der Waals surface area (Å²) >= 11 is 1.76. The molecule has 1 amide bonds. The largest absolute Gasteiger partial charge is 0.338 e. The van der Waals surface area contributed by atoms with Crippen LogP contribution in [-0.4, -0.2) is 33.9 Å². The molecule has 4 aromatic rings. The second-order valence-electron chi connectivity index (χ2n) is 7.44. The summed E-state index contributed by atoms with van der Waals surface area (Å²) in [6.45, 7) is 3.48. The van der Waals surface area contributed by atoms with Gasteiger partial charge in [-0.05, 0) is 44.0 Å². The predicted octanol–water partition coefficient (Wildman–Crippen LogP) is 5.17. The molecule has 1 aliphatic heterocycles. The van der Waals surface area contributed by atoms with Gasteiger partial charge in [0.15, 0.2) is 0 Å². The molecule has 3 heterocycles. The van der Waals surface area contributed by atoms with Crippen LogP contribution in [0.15, 0.2) is 54.6 Å². The van der Waals surface area contributed by atoms with Crippen LogP contribution in [0.2, 0.25) is 0 Å². The number of thiazole rings is 1. The second kappa shape index (κ2) is 6.99. The van der Waals surface area contributed by atoms with Crippen molar-refractivity contribution in [3.8, 4) is 0 Å². The number of nitrogens with zero attached hydrogens (tertiary/aromatic N) is 3. The fourth-order valence-corrected chi connectivity index (χ4v) is 5.18. The maximum atomic E-state index is 13.4. The Balaban J connectivity index is 1.46. The number of para-hydroxylation sites is 2. The van der Waals surface area contributed by atoms with E-state index < -0.39 is 0 Å². The molecule has 0 saturated carbocycles. The van der Waals surface area contributed by atoms with Gasteiger partial charge < -0.3 is 4.90 Å². The molecule has 1 aliphatic rings. The Morgan fingerprint density at radius 1 is 1.07 bits per heavy atom. The van der Waals surface area contributed by atoms with Crippen LogP contribution in [-0.2, 0) is 0 Å². The number of hydrogen-bond donors (Lipinski definition) is 0. The Hall–Kier alpha value is -2.79. The van der Waals surface area contributed by atoms with Gasteiger partial charge in [0, 0.05) is 30.1 Å². The Kier molecular flexibility index (Phi) is 4.32. The van der Waals surface area contributed by atoms with Crippen LogP contribution in [0.3, 0.4) is 0 Å². The fraction of sp³-hybridized carbons (Fsp3) is 0.261. The van der Waals surface area contributed by atoms with Gasteiger partial charge in [-0.1, -0.05) is 30.3 Å². The van der Waals surface area contributed by atoms with Gasteiger partial charge in [0.05, 0.1) is 26.3 Å². The quantitative estimate of drug-likeness (QED) is 0.476. The van der Waals surface area contributed by atoms with Gasteiger partial charge in [-0.3, -0.25) is 9.78 Å². The topological polar surface area (TPSA) is 46.1 Å². The van der Waals surface area contributed by atoms with Crippen molar-refractivity contribution in [1.29, 1.82) is 0 Å². The average Bonchev–Trinajstić information content (AvgIpc) is 3.17. The van der Waals surface area contributed by atoms with Crippen LogP contribution in [0.1, 0.15) is 39.8 Å². The first-order valence-corrected chi connectivity index (χ1v) is 10.5. The summed E-state index contributed by atoms with van der Waals surface area (Å²) in [7, 11) is 0. The van der Waals surface area contributed by atoms with Gasteiger partial charge in [-0.2, -0.15) is 0 Å². The van der Waals surface area contributed by atoms with Crippen molar-refractivity contribution in [2.45, 2.75) is 25.7 Å². The van der Waals surface area contributed by atoms with Crippen molar-refractivity contribution in [2.75, 3.05) is 13.1 Å². The zero-order valence-electron chi connectivity index (χ0n) is 15.8. The number of carbonyl (C=O) groups excluding carboxylic acids is 1. The summed E-state index contributed by atoms with van der Waals surface area (Å²) in [4.78, 5) is 24.8. The lowest BCUT2D eigenvalue weighted by Gasteiger charge is -2.32. The lowest BCUT2D eigenvalue weighted by Crippen LogP contribution is -2.39. The predicted molar refractivity (Wildman–Crippen MR) is 114 cm³/mol. The van der Waals surface area contributed by atoms with Gasteiger partial charge in [-0.15, -0.1) is 11.3 Å². The molecule has 1 fully saturated rings. The van der Waals surface area contributed by atoms with E-state index in [0.717, 1.165) is 58.6 Å². The highest BCUT2D eigenvalue weighted by Crippen LogP contribution is 2.33. The molecule has 28 heavy (non-hydrogen) atoms. The smallest absolute Gasteiger partial charge is 0.254 e. The maximum Gasteiger partial charge on any atom is 0.254 e. The highest BCUT2D eigenvalue weighted by Gasteiger charge is 2.28. The SMILES string of the molecule is Cc1cc(C(=O)N2CCC[C@@H](c3nc4ccccc4s3)C2)c2ccccc2n1. The number of benzene rings is 2. The van der Waals surface area contributed by atoms with E-state index >= 15 is 0 Å². The maximum absolute atomic E-state index is 13.4. The van der Waals surface area contributed by atoms with Gasteiger partial charge in [-0.25, -0.2) is 4.98 Å². The monoisotopic (exact) mass is 387 g/mol. The standard InChI is InChI=1S/C23H21N3OS/c1-15-13-18(17-8-2-3-9-19(17)24-15)23(27)26-12-6-7-16(14-26)22-25-20-10-4-5-11-21(20)28-22/h2-5,8-11,13,16H,6-7,12,14H2,1H3/t16-/m1/s1. The first-order valence-electron chi connectivity index (χ1n) is 9.70. The fourth-order valence-electron chi connectivity index (χ4n) is 4.08. The summed E-state index contributed by atoms with van der Waals surface area (Å²) in [5, 5.41) is 2.08. The van der Waals surface area contributed by atoms with Crippen molar-refractivity contribution in [3.05, 3.63) is 70.9 Å². The molecule has 0 aliphatic carbocycles. The lowest BCUT2D eigenvalue weighted by molar-refractivity contribution is 0.0709. The molecule has 5 heteroatoms. The highest BCUT2D eigenvalue weighted by atomic mass is 32.1. The van der Waals surface area contributed by atoms with E-state index in [1.807, 2.05) is 48.2 Å². The van der Waals surface area contributed by atoms with Gasteiger partial charge in [0.1, 0.15) is 0 Å². The number of piperidine rings is 1. The number of amides is 1. The Labute approximate surface area is 167 Å². The molecule has 0 radical (unpaired) electrons. The van der Waals surface area contributed by atoms with E-state index in [-0.39, 0.29) is 5.91 Å². The third kappa shape index (κ3) is 3.06. The summed E-state index contributed by atoms with van der Waals surface area (Å²) in [5.41, 5.74) is 3.57. The Bertz CT molecular complexity index is 1150. The Morgan fingerprint density at radius 3 is 2.71 bits per heavy atom. The summed E-state index contributed by atoms with van der Waals surface area (Å²) in [5.74, 6) is 0.414. The number of likely N-dealkylation sites (tertiary alicyclic amines) is 1. The van der Waals surface area contributed by atoms with E-state index in [2.05, 4.69) is 23.2 Å². The van der Waals surface area contributed by atoms with Crippen LogP contribution in [0.4, 0.5) is 0 Å². The van der Waals surface area contributed by atoms with Crippen molar-refractivity contribution in [1.82, 2.24) is 14.9 Å². The molecular weight excluding hydrogens is 366 g/mol. The molecule has 5 rings (SSSR count). The number of aromatic nitrogens is 2. The number of rotatable bonds is 2. The van der Waals surface area contributed by atoms with Crippen molar-refractivity contribution >= 4 is 38.4 Å². The van der Waals surface area contributed by atoms with E-state index in [9.17, 15) is 4.79 Å². The first-order chi connectivity index (χ1) is 13.7. The van der Waals surface area contributed by atoms with Crippen molar-refractivity contribution < 1.29 is 4.79 Å². The molecule has 4 nitrogen and oxygen atoms in total. The minimum atomic E-state index is 0.104. The van der Waals surface area contributed by atoms with E-state index in [4.69, 9.17) is 4.98 Å². The molecule has 2 aromatic heterocycles. The molecule has 0 spiro atoms. The number of fused-ring (bicyclic) bond motifs is 2. The van der Waals surface area contributed by atoms with Crippen molar-refractivity contribution in [2.24, 2.45) is 0 Å². The van der Waals surface area contributed by atoms with Crippen LogP contribution >= 0.6 is 11.3 Å². The molecule has 0 N–H and O–H groups in total. The van der Waals surface area contributed by atoms with Crippen molar-refractivity contribution in [3.63, 3.8) is 0 Å². The van der Waals surface area contributed by atoms with Crippen LogP contribution in [0.5, 0.6) is 0 Å². The first kappa shape index (κ1) is 17.3. The highest BCUT2D eigenvalue weighted by molar-refractivity contribution is 7.18. The molecule has 140 valence electrons. The number of carbonyl (C=O) groups is 1. The Morgan fingerprint density at radius 2 is 1.86 bits per heavy atom. The van der Waals surface area contributed by atoms with Crippen LogP contribution in [0, 0.1) is 6.92 Å². The second-order valence-corrected chi connectivity index (χ2v) is 8.50. The third-order valence-corrected chi connectivity index (χ3v) is 6.64. The molecular formula is C23H21N3OS. The van der Waals surface area contributed by atoms with E-state index in [1.54, 1.807) is 11.3 Å². The van der Waals surface area contributed by atoms with E-state index in [0.29, 0.717) is 5.92 Å².